The summed E-state index contributed by atoms with van der Waals surface area (Å²) < 4.78 is 5.74. The first-order valence-electron chi connectivity index (χ1n) is 7.02. The van der Waals surface area contributed by atoms with Gasteiger partial charge in [0.2, 0.25) is 0 Å². The van der Waals surface area contributed by atoms with Gasteiger partial charge in [-0.2, -0.15) is 0 Å². The van der Waals surface area contributed by atoms with Crippen LogP contribution >= 0.6 is 0 Å². The van der Waals surface area contributed by atoms with Crippen LogP contribution in [0.4, 0.5) is 0 Å². The number of nitrogens with zero attached hydrogens (tertiary/aromatic N) is 1. The summed E-state index contributed by atoms with van der Waals surface area (Å²) in [6, 6.07) is 4.78. The van der Waals surface area contributed by atoms with E-state index in [1.165, 1.54) is 30.5 Å². The standard InChI is InChI=1S/C15H22N2O/c1-10-8-12(9-18-10)14(16-2)13-6-5-11-4-3-7-17-15(11)13/h3-4,7,10,12-14,16H,5-6,8-9H2,1-2H3. The van der Waals surface area contributed by atoms with Crippen molar-refractivity contribution in [2.24, 2.45) is 5.92 Å². The molecule has 4 atom stereocenters. The molecule has 1 aliphatic heterocycles. The summed E-state index contributed by atoms with van der Waals surface area (Å²) in [6.45, 7) is 3.07. The van der Waals surface area contributed by atoms with E-state index in [1.54, 1.807) is 0 Å². The van der Waals surface area contributed by atoms with Gasteiger partial charge in [0.05, 0.1) is 12.7 Å². The van der Waals surface area contributed by atoms with Gasteiger partial charge in [0, 0.05) is 29.8 Å². The highest BCUT2D eigenvalue weighted by Crippen LogP contribution is 2.38. The normalized spacial score (nSPS) is 32.4. The van der Waals surface area contributed by atoms with E-state index >= 15 is 0 Å². The van der Waals surface area contributed by atoms with Gasteiger partial charge in [-0.05, 0) is 44.9 Å². The van der Waals surface area contributed by atoms with Crippen LogP contribution in [-0.4, -0.2) is 30.8 Å². The molecule has 18 heavy (non-hydrogen) atoms. The van der Waals surface area contributed by atoms with Crippen LogP contribution < -0.4 is 5.32 Å². The minimum absolute atomic E-state index is 0.412. The second-order valence-corrected chi connectivity index (χ2v) is 5.65. The maximum absolute atomic E-state index is 5.74. The molecule has 2 heterocycles. The first-order valence-corrected chi connectivity index (χ1v) is 7.02. The fourth-order valence-electron chi connectivity index (χ4n) is 3.66. The number of hydrogen-bond donors (Lipinski definition) is 1. The van der Waals surface area contributed by atoms with Crippen molar-refractivity contribution in [3.05, 3.63) is 29.6 Å². The smallest absolute Gasteiger partial charge is 0.0551 e. The summed E-state index contributed by atoms with van der Waals surface area (Å²) in [7, 11) is 2.08. The van der Waals surface area contributed by atoms with Crippen LogP contribution in [0.25, 0.3) is 0 Å². The van der Waals surface area contributed by atoms with Crippen molar-refractivity contribution < 1.29 is 4.74 Å². The second-order valence-electron chi connectivity index (χ2n) is 5.65. The topological polar surface area (TPSA) is 34.1 Å². The first kappa shape index (κ1) is 12.1. The Balaban J connectivity index is 1.81. The van der Waals surface area contributed by atoms with Gasteiger partial charge in [-0.25, -0.2) is 0 Å². The van der Waals surface area contributed by atoms with Crippen molar-refractivity contribution in [1.82, 2.24) is 10.3 Å². The van der Waals surface area contributed by atoms with E-state index in [2.05, 4.69) is 36.4 Å². The van der Waals surface area contributed by atoms with Gasteiger partial charge in [-0.1, -0.05) is 6.07 Å². The number of aryl methyl sites for hydroxylation is 1. The number of rotatable bonds is 3. The van der Waals surface area contributed by atoms with Crippen LogP contribution in [0.5, 0.6) is 0 Å². The number of fused-ring (bicyclic) bond motifs is 1. The van der Waals surface area contributed by atoms with Crippen molar-refractivity contribution in [2.75, 3.05) is 13.7 Å². The predicted molar refractivity (Wildman–Crippen MR) is 71.7 cm³/mol. The third kappa shape index (κ3) is 2.06. The first-order chi connectivity index (χ1) is 8.79. The Hall–Kier alpha value is -0.930. The molecule has 0 spiro atoms. The van der Waals surface area contributed by atoms with Gasteiger partial charge in [0.1, 0.15) is 0 Å². The van der Waals surface area contributed by atoms with Gasteiger partial charge < -0.3 is 10.1 Å². The Morgan fingerprint density at radius 1 is 1.50 bits per heavy atom. The number of likely N-dealkylation sites (N-methyl/N-ethyl adjacent to an activating group) is 1. The van der Waals surface area contributed by atoms with E-state index in [-0.39, 0.29) is 0 Å². The van der Waals surface area contributed by atoms with Gasteiger partial charge >= 0.3 is 0 Å². The quantitative estimate of drug-likeness (QED) is 0.887. The molecule has 4 unspecified atom stereocenters. The number of pyridine rings is 1. The largest absolute Gasteiger partial charge is 0.378 e. The minimum atomic E-state index is 0.412. The predicted octanol–water partition coefficient (Wildman–Crippen LogP) is 2.12. The van der Waals surface area contributed by atoms with Crippen LogP contribution in [0.3, 0.4) is 0 Å². The van der Waals surface area contributed by atoms with Crippen LogP contribution in [0.2, 0.25) is 0 Å². The van der Waals surface area contributed by atoms with E-state index < -0.39 is 0 Å². The molecular formula is C15H22N2O. The third-order valence-corrected chi connectivity index (χ3v) is 4.51. The Morgan fingerprint density at radius 2 is 2.39 bits per heavy atom. The average Bonchev–Trinajstić information content (AvgIpc) is 2.98. The van der Waals surface area contributed by atoms with E-state index in [4.69, 9.17) is 4.74 Å². The molecule has 1 fully saturated rings. The van der Waals surface area contributed by atoms with E-state index in [0.717, 1.165) is 6.61 Å². The van der Waals surface area contributed by atoms with Crippen LogP contribution in [0, 0.1) is 5.92 Å². The molecule has 1 aliphatic carbocycles. The van der Waals surface area contributed by atoms with Gasteiger partial charge in [0.15, 0.2) is 0 Å². The summed E-state index contributed by atoms with van der Waals surface area (Å²) in [4.78, 5) is 4.62. The minimum Gasteiger partial charge on any atom is -0.378 e. The van der Waals surface area contributed by atoms with E-state index in [0.29, 0.717) is 24.0 Å². The molecule has 0 saturated carbocycles. The molecule has 0 aromatic carbocycles. The Labute approximate surface area is 109 Å². The Bertz CT molecular complexity index is 421. The monoisotopic (exact) mass is 246 g/mol. The fourth-order valence-corrected chi connectivity index (χ4v) is 3.66. The van der Waals surface area contributed by atoms with E-state index in [9.17, 15) is 0 Å². The SMILES string of the molecule is CNC(C1COC(C)C1)C1CCc2cccnc21. The molecule has 0 radical (unpaired) electrons. The lowest BCUT2D eigenvalue weighted by Crippen LogP contribution is -2.39. The number of hydrogen-bond acceptors (Lipinski definition) is 3. The summed E-state index contributed by atoms with van der Waals surface area (Å²) >= 11 is 0. The summed E-state index contributed by atoms with van der Waals surface area (Å²) in [5, 5.41) is 3.53. The zero-order valence-electron chi connectivity index (χ0n) is 11.2. The Kier molecular flexibility index (Phi) is 3.35. The lowest BCUT2D eigenvalue weighted by Gasteiger charge is -2.28. The molecule has 3 rings (SSSR count). The number of nitrogens with one attached hydrogen (secondary N) is 1. The molecule has 1 N–H and O–H groups in total. The molecular weight excluding hydrogens is 224 g/mol. The zero-order valence-corrected chi connectivity index (χ0v) is 11.2. The maximum atomic E-state index is 5.74. The van der Waals surface area contributed by atoms with Crippen molar-refractivity contribution in [2.45, 2.75) is 44.2 Å². The molecule has 1 aromatic rings. The summed E-state index contributed by atoms with van der Waals surface area (Å²) in [5.41, 5.74) is 2.76. The summed E-state index contributed by atoms with van der Waals surface area (Å²) in [5.74, 6) is 1.19. The second kappa shape index (κ2) is 4.98. The fraction of sp³-hybridized carbons (Fsp3) is 0.667. The van der Waals surface area contributed by atoms with Crippen LogP contribution in [-0.2, 0) is 11.2 Å². The molecule has 0 bridgehead atoms. The van der Waals surface area contributed by atoms with Crippen molar-refractivity contribution in [1.29, 1.82) is 0 Å². The maximum Gasteiger partial charge on any atom is 0.0551 e. The highest BCUT2D eigenvalue weighted by Gasteiger charge is 2.37. The number of aromatic nitrogens is 1. The van der Waals surface area contributed by atoms with Crippen molar-refractivity contribution in [3.8, 4) is 0 Å². The Morgan fingerprint density at radius 3 is 3.11 bits per heavy atom. The lowest BCUT2D eigenvalue weighted by molar-refractivity contribution is 0.116. The highest BCUT2D eigenvalue weighted by atomic mass is 16.5. The van der Waals surface area contributed by atoms with Crippen LogP contribution in [0.1, 0.15) is 36.9 Å². The molecule has 98 valence electrons. The molecule has 1 aromatic heterocycles. The van der Waals surface area contributed by atoms with E-state index in [1.807, 2.05) is 6.20 Å². The molecule has 3 nitrogen and oxygen atoms in total. The van der Waals surface area contributed by atoms with Gasteiger partial charge in [-0.15, -0.1) is 0 Å². The lowest BCUT2D eigenvalue weighted by atomic mass is 9.85. The number of ether oxygens (including phenoxy) is 1. The molecule has 0 amide bonds. The third-order valence-electron chi connectivity index (χ3n) is 4.51. The summed E-state index contributed by atoms with van der Waals surface area (Å²) in [6.07, 6.45) is 5.91. The van der Waals surface area contributed by atoms with Gasteiger partial charge in [0.25, 0.3) is 0 Å². The van der Waals surface area contributed by atoms with Gasteiger partial charge in [-0.3, -0.25) is 4.98 Å². The molecule has 3 heteroatoms. The molecule has 1 saturated heterocycles. The van der Waals surface area contributed by atoms with Crippen LogP contribution in [0.15, 0.2) is 18.3 Å². The van der Waals surface area contributed by atoms with Crippen molar-refractivity contribution in [3.63, 3.8) is 0 Å². The average molecular weight is 246 g/mol. The molecule has 2 aliphatic rings. The van der Waals surface area contributed by atoms with Crippen molar-refractivity contribution >= 4 is 0 Å². The zero-order chi connectivity index (χ0) is 12.5. The highest BCUT2D eigenvalue weighted by molar-refractivity contribution is 5.30.